The number of rotatable bonds is 3. The van der Waals surface area contributed by atoms with Crippen LogP contribution in [0.25, 0.3) is 0 Å². The molecule has 1 saturated heterocycles. The molecule has 0 saturated carbocycles. The zero-order chi connectivity index (χ0) is 14.0. The Morgan fingerprint density at radius 3 is 2.22 bits per heavy atom. The Morgan fingerprint density at radius 2 is 1.83 bits per heavy atom. The molecule has 104 valence electrons. The van der Waals surface area contributed by atoms with E-state index in [9.17, 15) is 4.79 Å². The van der Waals surface area contributed by atoms with Crippen molar-refractivity contribution in [3.05, 3.63) is 12.7 Å². The van der Waals surface area contributed by atoms with Crippen molar-refractivity contribution < 1.29 is 4.79 Å². The fraction of sp³-hybridized carbons (Fsp3) is 0.800. The van der Waals surface area contributed by atoms with E-state index in [0.717, 1.165) is 6.54 Å². The summed E-state index contributed by atoms with van der Waals surface area (Å²) in [4.78, 5) is 16.5. The molecule has 0 aromatic heterocycles. The molecule has 1 heterocycles. The Kier molecular flexibility index (Phi) is 4.97. The van der Waals surface area contributed by atoms with E-state index in [2.05, 4.69) is 53.0 Å². The van der Waals surface area contributed by atoms with Gasteiger partial charge in [0.1, 0.15) is 0 Å². The first-order chi connectivity index (χ1) is 8.31. The summed E-state index contributed by atoms with van der Waals surface area (Å²) in [5.74, 6) is 0.591. The molecule has 3 unspecified atom stereocenters. The number of carbonyl (C=O) groups excluding carboxylic acids is 1. The lowest BCUT2D eigenvalue weighted by atomic mass is 9.88. The van der Waals surface area contributed by atoms with Gasteiger partial charge in [0.05, 0.1) is 0 Å². The number of hydrogen-bond donors (Lipinski definition) is 0. The second kappa shape index (κ2) is 5.87. The van der Waals surface area contributed by atoms with Crippen LogP contribution in [0.2, 0.25) is 0 Å². The van der Waals surface area contributed by atoms with Gasteiger partial charge in [0.25, 0.3) is 0 Å². The van der Waals surface area contributed by atoms with Gasteiger partial charge in [-0.1, -0.05) is 20.4 Å². The smallest absolute Gasteiger partial charge is 0.246 e. The molecule has 1 fully saturated rings. The van der Waals surface area contributed by atoms with Crippen LogP contribution in [-0.4, -0.2) is 46.4 Å². The van der Waals surface area contributed by atoms with Crippen molar-refractivity contribution in [1.82, 2.24) is 9.80 Å². The highest BCUT2D eigenvalue weighted by Crippen LogP contribution is 2.28. The molecule has 0 aliphatic carbocycles. The van der Waals surface area contributed by atoms with Crippen LogP contribution in [0, 0.1) is 5.92 Å². The number of amides is 1. The summed E-state index contributed by atoms with van der Waals surface area (Å²) in [7, 11) is 0. The number of carbonyl (C=O) groups is 1. The maximum atomic E-state index is 12.0. The fourth-order valence-electron chi connectivity index (χ4n) is 3.43. The third kappa shape index (κ3) is 2.77. The topological polar surface area (TPSA) is 23.6 Å². The van der Waals surface area contributed by atoms with E-state index in [4.69, 9.17) is 0 Å². The monoisotopic (exact) mass is 252 g/mol. The van der Waals surface area contributed by atoms with Crippen LogP contribution in [0.5, 0.6) is 0 Å². The van der Waals surface area contributed by atoms with Crippen molar-refractivity contribution in [2.75, 3.05) is 6.54 Å². The number of hydrogen-bond acceptors (Lipinski definition) is 2. The first-order valence-corrected chi connectivity index (χ1v) is 7.01. The highest BCUT2D eigenvalue weighted by atomic mass is 16.2. The molecule has 1 aliphatic rings. The Bertz CT molecular complexity index is 312. The molecule has 0 aromatic carbocycles. The van der Waals surface area contributed by atoms with Gasteiger partial charge in [-0.3, -0.25) is 9.69 Å². The fourth-order valence-corrected chi connectivity index (χ4v) is 3.43. The molecule has 1 aliphatic heterocycles. The molecule has 1 rings (SSSR count). The Labute approximate surface area is 112 Å². The zero-order valence-corrected chi connectivity index (χ0v) is 12.7. The minimum absolute atomic E-state index is 0.0587. The second-order valence-electron chi connectivity index (χ2n) is 6.06. The average Bonchev–Trinajstić information content (AvgIpc) is 2.29. The van der Waals surface area contributed by atoms with E-state index >= 15 is 0 Å². The van der Waals surface area contributed by atoms with Crippen LogP contribution < -0.4 is 0 Å². The summed E-state index contributed by atoms with van der Waals surface area (Å²) in [6, 6.07) is 1.57. The van der Waals surface area contributed by atoms with Gasteiger partial charge in [-0.15, -0.1) is 0 Å². The Balaban J connectivity index is 3.04. The van der Waals surface area contributed by atoms with Crippen LogP contribution in [0.15, 0.2) is 12.7 Å². The lowest BCUT2D eigenvalue weighted by molar-refractivity contribution is -0.137. The summed E-state index contributed by atoms with van der Waals surface area (Å²) in [5.41, 5.74) is 0. The molecule has 18 heavy (non-hydrogen) atoms. The van der Waals surface area contributed by atoms with Crippen molar-refractivity contribution in [2.45, 2.75) is 65.7 Å². The highest BCUT2D eigenvalue weighted by Gasteiger charge is 2.41. The summed E-state index contributed by atoms with van der Waals surface area (Å²) < 4.78 is 0. The molecular formula is C15H28N2O. The molecule has 0 spiro atoms. The normalized spacial score (nSPS) is 30.0. The van der Waals surface area contributed by atoms with Crippen molar-refractivity contribution in [1.29, 1.82) is 0 Å². The molecular weight excluding hydrogens is 224 g/mol. The van der Waals surface area contributed by atoms with E-state index in [1.165, 1.54) is 6.08 Å². The van der Waals surface area contributed by atoms with Crippen LogP contribution >= 0.6 is 0 Å². The lowest BCUT2D eigenvalue weighted by Crippen LogP contribution is -2.66. The van der Waals surface area contributed by atoms with Gasteiger partial charge in [-0.05, 0) is 39.7 Å². The SMILES string of the molecule is C=CC(=O)N1CC(C)N(C(C)C)C(C(C)C)C1C. The highest BCUT2D eigenvalue weighted by molar-refractivity contribution is 5.87. The van der Waals surface area contributed by atoms with Crippen molar-refractivity contribution in [2.24, 2.45) is 5.92 Å². The average molecular weight is 252 g/mol. The summed E-state index contributed by atoms with van der Waals surface area (Å²) in [5, 5.41) is 0. The number of piperazine rings is 1. The lowest BCUT2D eigenvalue weighted by Gasteiger charge is -2.53. The molecule has 3 atom stereocenters. The molecule has 0 bridgehead atoms. The van der Waals surface area contributed by atoms with Crippen molar-refractivity contribution in [3.8, 4) is 0 Å². The third-order valence-electron chi connectivity index (χ3n) is 4.04. The second-order valence-corrected chi connectivity index (χ2v) is 6.06. The van der Waals surface area contributed by atoms with E-state index in [0.29, 0.717) is 24.0 Å². The maximum absolute atomic E-state index is 12.0. The summed E-state index contributed by atoms with van der Waals surface area (Å²) >= 11 is 0. The largest absolute Gasteiger partial charge is 0.333 e. The molecule has 0 N–H and O–H groups in total. The number of nitrogens with zero attached hydrogens (tertiary/aromatic N) is 2. The molecule has 3 heteroatoms. The van der Waals surface area contributed by atoms with Gasteiger partial charge in [-0.2, -0.15) is 0 Å². The van der Waals surface area contributed by atoms with Crippen molar-refractivity contribution >= 4 is 5.91 Å². The molecule has 0 aromatic rings. The molecule has 0 radical (unpaired) electrons. The Morgan fingerprint density at radius 1 is 1.28 bits per heavy atom. The van der Waals surface area contributed by atoms with E-state index < -0.39 is 0 Å². The third-order valence-corrected chi connectivity index (χ3v) is 4.04. The van der Waals surface area contributed by atoms with Crippen molar-refractivity contribution in [3.63, 3.8) is 0 Å². The van der Waals surface area contributed by atoms with Crippen LogP contribution in [0.4, 0.5) is 0 Å². The maximum Gasteiger partial charge on any atom is 0.246 e. The minimum atomic E-state index is 0.0587. The van der Waals surface area contributed by atoms with Gasteiger partial charge >= 0.3 is 0 Å². The standard InChI is InChI=1S/C15H28N2O/c1-8-14(18)16-9-12(6)17(11(4)5)15(10(2)3)13(16)7/h8,10-13,15H,1,9H2,2-7H3. The zero-order valence-electron chi connectivity index (χ0n) is 12.7. The minimum Gasteiger partial charge on any atom is -0.333 e. The van der Waals surface area contributed by atoms with Gasteiger partial charge in [-0.25, -0.2) is 0 Å². The van der Waals surface area contributed by atoms with Gasteiger partial charge in [0.15, 0.2) is 0 Å². The van der Waals surface area contributed by atoms with E-state index in [1.807, 2.05) is 4.90 Å². The van der Waals surface area contributed by atoms with Gasteiger partial charge < -0.3 is 4.90 Å². The summed E-state index contributed by atoms with van der Waals surface area (Å²) in [6.07, 6.45) is 1.44. The van der Waals surface area contributed by atoms with Gasteiger partial charge in [0, 0.05) is 30.7 Å². The van der Waals surface area contributed by atoms with Crippen LogP contribution in [0.3, 0.4) is 0 Å². The quantitative estimate of drug-likeness (QED) is 0.721. The molecule has 1 amide bonds. The molecule has 3 nitrogen and oxygen atoms in total. The predicted molar refractivity (Wildman–Crippen MR) is 76.4 cm³/mol. The van der Waals surface area contributed by atoms with E-state index in [-0.39, 0.29) is 11.9 Å². The first-order valence-electron chi connectivity index (χ1n) is 7.01. The summed E-state index contributed by atoms with van der Waals surface area (Å²) in [6.45, 7) is 17.7. The Hall–Kier alpha value is -0.830. The van der Waals surface area contributed by atoms with Gasteiger partial charge in [0.2, 0.25) is 5.91 Å². The van der Waals surface area contributed by atoms with Crippen LogP contribution in [0.1, 0.15) is 41.5 Å². The predicted octanol–water partition coefficient (Wildman–Crippen LogP) is 2.53. The first kappa shape index (κ1) is 15.2. The van der Waals surface area contributed by atoms with Crippen LogP contribution in [-0.2, 0) is 4.79 Å². The van der Waals surface area contributed by atoms with E-state index in [1.54, 1.807) is 0 Å².